The Morgan fingerprint density at radius 1 is 1.02 bits per heavy atom. The summed E-state index contributed by atoms with van der Waals surface area (Å²) < 4.78 is 16.9. The second-order valence-corrected chi connectivity index (χ2v) is 11.2. The van der Waals surface area contributed by atoms with Gasteiger partial charge in [0.1, 0.15) is 23.3 Å². The van der Waals surface area contributed by atoms with E-state index in [2.05, 4.69) is 15.6 Å². The highest BCUT2D eigenvalue weighted by Gasteiger charge is 2.43. The van der Waals surface area contributed by atoms with E-state index in [4.69, 9.17) is 26.1 Å². The number of nitrogens with zero attached hydrogens (tertiary/aromatic N) is 2. The van der Waals surface area contributed by atoms with Gasteiger partial charge in [0.15, 0.2) is 5.11 Å². The lowest BCUT2D eigenvalue weighted by Gasteiger charge is -2.27. The lowest BCUT2D eigenvalue weighted by atomic mass is 9.95. The number of pyridine rings is 1. The summed E-state index contributed by atoms with van der Waals surface area (Å²) in [4.78, 5) is 31.1. The molecular formula is C32H32N4O5S. The summed E-state index contributed by atoms with van der Waals surface area (Å²) in [5, 5.41) is 6.87. The number of hydrogen-bond acceptors (Lipinski definition) is 7. The van der Waals surface area contributed by atoms with Gasteiger partial charge in [0.25, 0.3) is 0 Å². The Morgan fingerprint density at radius 2 is 1.79 bits per heavy atom. The monoisotopic (exact) mass is 584 g/mol. The van der Waals surface area contributed by atoms with Crippen molar-refractivity contribution in [3.05, 3.63) is 96.0 Å². The van der Waals surface area contributed by atoms with Crippen molar-refractivity contribution < 1.29 is 23.5 Å². The molecule has 216 valence electrons. The molecule has 42 heavy (non-hydrogen) atoms. The van der Waals surface area contributed by atoms with Crippen molar-refractivity contribution in [1.82, 2.24) is 10.3 Å². The van der Waals surface area contributed by atoms with Gasteiger partial charge in [-0.2, -0.15) is 0 Å². The van der Waals surface area contributed by atoms with E-state index in [0.717, 1.165) is 16.9 Å². The van der Waals surface area contributed by atoms with Crippen LogP contribution in [0.4, 0.5) is 11.4 Å². The fourth-order valence-electron chi connectivity index (χ4n) is 4.72. The van der Waals surface area contributed by atoms with Crippen LogP contribution >= 0.6 is 12.2 Å². The number of hydrogen-bond donors (Lipinski definition) is 2. The minimum Gasteiger partial charge on any atom is -0.494 e. The molecule has 4 aromatic rings. The molecule has 1 aliphatic rings. The zero-order chi connectivity index (χ0) is 30.0. The van der Waals surface area contributed by atoms with Gasteiger partial charge in [0, 0.05) is 28.9 Å². The number of ether oxygens (including phenoxy) is 2. The van der Waals surface area contributed by atoms with Gasteiger partial charge in [0.05, 0.1) is 37.2 Å². The van der Waals surface area contributed by atoms with Crippen LogP contribution in [0, 0.1) is 5.41 Å². The smallest absolute Gasteiger partial charge is 0.337 e. The molecule has 3 heterocycles. The molecule has 0 unspecified atom stereocenters. The van der Waals surface area contributed by atoms with E-state index >= 15 is 0 Å². The predicted molar refractivity (Wildman–Crippen MR) is 164 cm³/mol. The number of carbonyl (C=O) groups is 2. The summed E-state index contributed by atoms with van der Waals surface area (Å²) in [6.45, 7) is 5.56. The highest BCUT2D eigenvalue weighted by atomic mass is 32.1. The average molecular weight is 585 g/mol. The molecule has 0 bridgehead atoms. The molecule has 0 aliphatic carbocycles. The van der Waals surface area contributed by atoms with Gasteiger partial charge in [-0.25, -0.2) is 4.79 Å². The number of carbonyl (C=O) groups excluding carboxylic acids is 2. The van der Waals surface area contributed by atoms with Gasteiger partial charge in [-0.1, -0.05) is 39.0 Å². The van der Waals surface area contributed by atoms with Gasteiger partial charge in [-0.15, -0.1) is 0 Å². The Balaban J connectivity index is 1.53. The van der Waals surface area contributed by atoms with E-state index < -0.39 is 17.4 Å². The Labute approximate surface area is 249 Å². The van der Waals surface area contributed by atoms with Crippen LogP contribution in [0.15, 0.2) is 83.4 Å². The normalized spacial score (nSPS) is 16.6. The van der Waals surface area contributed by atoms with Crippen LogP contribution in [0.5, 0.6) is 5.75 Å². The fraction of sp³-hybridized carbons (Fsp3) is 0.250. The van der Waals surface area contributed by atoms with E-state index in [1.165, 1.54) is 7.11 Å². The molecule has 2 aromatic carbocycles. The summed E-state index contributed by atoms with van der Waals surface area (Å²) >= 11 is 5.85. The molecule has 1 saturated heterocycles. The fourth-order valence-corrected chi connectivity index (χ4v) is 5.07. The molecule has 0 radical (unpaired) electrons. The van der Waals surface area contributed by atoms with Crippen LogP contribution in [0.2, 0.25) is 0 Å². The summed E-state index contributed by atoms with van der Waals surface area (Å²) in [6.07, 6.45) is 1.74. The molecule has 0 spiro atoms. The van der Waals surface area contributed by atoms with Gasteiger partial charge < -0.3 is 29.4 Å². The molecule has 2 aromatic heterocycles. The largest absolute Gasteiger partial charge is 0.494 e. The van der Waals surface area contributed by atoms with Crippen molar-refractivity contribution in [1.29, 1.82) is 0 Å². The van der Waals surface area contributed by atoms with Gasteiger partial charge in [0.2, 0.25) is 5.91 Å². The van der Waals surface area contributed by atoms with E-state index in [9.17, 15) is 9.59 Å². The Bertz CT molecular complexity index is 1610. The van der Waals surface area contributed by atoms with E-state index in [1.807, 2.05) is 86.3 Å². The van der Waals surface area contributed by atoms with Crippen LogP contribution in [-0.2, 0) is 9.53 Å². The first-order valence-corrected chi connectivity index (χ1v) is 13.8. The zero-order valence-electron chi connectivity index (χ0n) is 24.0. The summed E-state index contributed by atoms with van der Waals surface area (Å²) in [5.41, 5.74) is 2.81. The maximum Gasteiger partial charge on any atom is 0.337 e. The number of benzene rings is 2. The maximum absolute atomic E-state index is 12.7. The molecule has 1 fully saturated rings. The van der Waals surface area contributed by atoms with Crippen LogP contribution in [-0.4, -0.2) is 36.2 Å². The first kappa shape index (κ1) is 28.8. The summed E-state index contributed by atoms with van der Waals surface area (Å²) in [7, 11) is 2.91. The van der Waals surface area contributed by atoms with E-state index in [1.54, 1.807) is 25.4 Å². The van der Waals surface area contributed by atoms with Gasteiger partial charge in [-0.3, -0.25) is 9.78 Å². The first-order chi connectivity index (χ1) is 20.1. The minimum atomic E-state index is -0.568. The molecule has 10 heteroatoms. The standard InChI is InChI=1S/C32H32N4O5S/c1-32(2,3)30(38)34-22-14-13-21(18-26(22)39-4)36-28(27(35-31(36)42)23-8-6-7-17-33-23)25-16-15-24(41-25)19-9-11-20(12-10-19)29(37)40-5/h6-18,27-28H,1-5H3,(H,34,38)(H,35,42)/t27-,28+/m0/s1. The number of rotatable bonds is 7. The third-order valence-electron chi connectivity index (χ3n) is 7.00. The van der Waals surface area contributed by atoms with Crippen molar-refractivity contribution >= 4 is 40.6 Å². The van der Waals surface area contributed by atoms with Crippen molar-refractivity contribution in [3.63, 3.8) is 0 Å². The molecule has 9 nitrogen and oxygen atoms in total. The molecule has 5 rings (SSSR count). The molecule has 1 aliphatic heterocycles. The molecule has 0 saturated carbocycles. The number of nitrogens with one attached hydrogen (secondary N) is 2. The number of esters is 1. The lowest BCUT2D eigenvalue weighted by Crippen LogP contribution is -2.30. The van der Waals surface area contributed by atoms with Crippen molar-refractivity contribution in [2.75, 3.05) is 24.4 Å². The van der Waals surface area contributed by atoms with Gasteiger partial charge in [-0.05, 0) is 60.7 Å². The highest BCUT2D eigenvalue weighted by molar-refractivity contribution is 7.80. The Kier molecular flexibility index (Phi) is 8.00. The second kappa shape index (κ2) is 11.7. The van der Waals surface area contributed by atoms with Crippen LogP contribution in [0.3, 0.4) is 0 Å². The molecular weight excluding hydrogens is 552 g/mol. The lowest BCUT2D eigenvalue weighted by molar-refractivity contribution is -0.123. The molecule has 1 amide bonds. The number of aromatic nitrogens is 1. The zero-order valence-corrected chi connectivity index (χ0v) is 24.8. The number of methoxy groups -OCH3 is 2. The average Bonchev–Trinajstić information content (AvgIpc) is 3.61. The quantitative estimate of drug-likeness (QED) is 0.191. The van der Waals surface area contributed by atoms with Crippen LogP contribution < -0.4 is 20.3 Å². The topological polar surface area (TPSA) is 106 Å². The summed E-state index contributed by atoms with van der Waals surface area (Å²) in [5.74, 6) is 1.27. The number of furan rings is 1. The Hall–Kier alpha value is -4.70. The van der Waals surface area contributed by atoms with Gasteiger partial charge >= 0.3 is 5.97 Å². The number of amides is 1. The maximum atomic E-state index is 12.7. The van der Waals surface area contributed by atoms with Crippen LogP contribution in [0.25, 0.3) is 11.3 Å². The molecule has 2 atom stereocenters. The molecule has 2 N–H and O–H groups in total. The van der Waals surface area contributed by atoms with Crippen molar-refractivity contribution in [2.24, 2.45) is 5.41 Å². The second-order valence-electron chi connectivity index (χ2n) is 10.9. The van der Waals surface area contributed by atoms with Crippen LogP contribution in [0.1, 0.15) is 54.7 Å². The first-order valence-electron chi connectivity index (χ1n) is 13.4. The number of thiocarbonyl (C=S) groups is 1. The van der Waals surface area contributed by atoms with Crippen molar-refractivity contribution in [2.45, 2.75) is 32.9 Å². The van der Waals surface area contributed by atoms with Crippen molar-refractivity contribution in [3.8, 4) is 17.1 Å². The summed E-state index contributed by atoms with van der Waals surface area (Å²) in [6, 6.07) is 21.4. The minimum absolute atomic E-state index is 0.122. The SMILES string of the molecule is COC(=O)c1ccc(-c2ccc([C@@H]3[C@H](c4ccccn4)NC(=S)N3c3ccc(NC(=O)C(C)(C)C)c(OC)c3)o2)cc1. The number of anilines is 2. The third-order valence-corrected chi connectivity index (χ3v) is 7.31. The predicted octanol–water partition coefficient (Wildman–Crippen LogP) is 6.30. The van der Waals surface area contributed by atoms with E-state index in [0.29, 0.717) is 33.6 Å². The Morgan fingerprint density at radius 3 is 2.43 bits per heavy atom. The van der Waals surface area contributed by atoms with E-state index in [-0.39, 0.29) is 11.9 Å². The highest BCUT2D eigenvalue weighted by Crippen LogP contribution is 2.44. The third kappa shape index (κ3) is 5.71.